The van der Waals surface area contributed by atoms with Crippen LogP contribution in [0.25, 0.3) is 10.9 Å². The lowest BCUT2D eigenvalue weighted by Crippen LogP contribution is -2.28. The number of nitrogens with one attached hydrogen (secondary N) is 1. The standard InChI is InChI=1S/C17H22N2O/c1-13-9-15(16-6-2-3-7-17(16)19-13)11-18-10-14-5-4-8-20-12-14/h2-3,6-7,9,14,18H,4-5,8,10-12H2,1H3. The summed E-state index contributed by atoms with van der Waals surface area (Å²) in [5.74, 6) is 0.665. The number of pyridine rings is 1. The molecular weight excluding hydrogens is 248 g/mol. The average Bonchev–Trinajstić information content (AvgIpc) is 2.48. The summed E-state index contributed by atoms with van der Waals surface area (Å²) >= 11 is 0. The predicted octanol–water partition coefficient (Wildman–Crippen LogP) is 3.06. The van der Waals surface area contributed by atoms with Gasteiger partial charge in [0.2, 0.25) is 0 Å². The smallest absolute Gasteiger partial charge is 0.0708 e. The van der Waals surface area contributed by atoms with Crippen LogP contribution in [-0.4, -0.2) is 24.7 Å². The van der Waals surface area contributed by atoms with E-state index < -0.39 is 0 Å². The Hall–Kier alpha value is -1.45. The Bertz CT molecular complexity index is 576. The summed E-state index contributed by atoms with van der Waals surface area (Å²) in [5, 5.41) is 4.84. The predicted molar refractivity (Wildman–Crippen MR) is 81.7 cm³/mol. The van der Waals surface area contributed by atoms with Crippen molar-refractivity contribution < 1.29 is 4.74 Å². The van der Waals surface area contributed by atoms with E-state index in [2.05, 4.69) is 41.5 Å². The zero-order chi connectivity index (χ0) is 13.8. The largest absolute Gasteiger partial charge is 0.381 e. The lowest BCUT2D eigenvalue weighted by molar-refractivity contribution is 0.0547. The van der Waals surface area contributed by atoms with Gasteiger partial charge in [-0.05, 0) is 43.4 Å². The molecule has 0 aliphatic carbocycles. The van der Waals surface area contributed by atoms with Gasteiger partial charge in [0.1, 0.15) is 0 Å². The number of benzene rings is 1. The Morgan fingerprint density at radius 3 is 3.10 bits per heavy atom. The molecule has 1 aliphatic heterocycles. The van der Waals surface area contributed by atoms with Crippen molar-refractivity contribution in [3.8, 4) is 0 Å². The maximum Gasteiger partial charge on any atom is 0.0708 e. The van der Waals surface area contributed by atoms with Gasteiger partial charge in [0, 0.05) is 30.8 Å². The zero-order valence-electron chi connectivity index (χ0n) is 12.1. The Morgan fingerprint density at radius 1 is 1.35 bits per heavy atom. The van der Waals surface area contributed by atoms with Crippen LogP contribution in [0, 0.1) is 12.8 Å². The summed E-state index contributed by atoms with van der Waals surface area (Å²) in [6.45, 7) is 5.84. The molecule has 0 amide bonds. The van der Waals surface area contributed by atoms with Gasteiger partial charge in [-0.1, -0.05) is 18.2 Å². The topological polar surface area (TPSA) is 34.1 Å². The second-order valence-electron chi connectivity index (χ2n) is 5.65. The Kier molecular flexibility index (Phi) is 4.28. The first-order valence-electron chi connectivity index (χ1n) is 7.46. The van der Waals surface area contributed by atoms with Gasteiger partial charge in [-0.25, -0.2) is 0 Å². The number of hydrogen-bond acceptors (Lipinski definition) is 3. The maximum atomic E-state index is 5.52. The Labute approximate surface area is 120 Å². The molecule has 0 saturated carbocycles. The molecule has 1 aromatic carbocycles. The minimum absolute atomic E-state index is 0.665. The summed E-state index contributed by atoms with van der Waals surface area (Å²) < 4.78 is 5.52. The second kappa shape index (κ2) is 6.33. The van der Waals surface area contributed by atoms with Gasteiger partial charge in [-0.2, -0.15) is 0 Å². The molecule has 0 bridgehead atoms. The van der Waals surface area contributed by atoms with Crippen molar-refractivity contribution in [2.75, 3.05) is 19.8 Å². The number of aryl methyl sites for hydroxylation is 1. The number of ether oxygens (including phenoxy) is 1. The summed E-state index contributed by atoms with van der Waals surface area (Å²) in [6, 6.07) is 10.6. The normalized spacial score (nSPS) is 19.4. The average molecular weight is 270 g/mol. The van der Waals surface area contributed by atoms with E-state index in [1.807, 2.05) is 6.07 Å². The molecular formula is C17H22N2O. The van der Waals surface area contributed by atoms with Gasteiger partial charge in [0.15, 0.2) is 0 Å². The summed E-state index contributed by atoms with van der Waals surface area (Å²) in [5.41, 5.74) is 3.51. The van der Waals surface area contributed by atoms with Crippen molar-refractivity contribution in [2.24, 2.45) is 5.92 Å². The highest BCUT2D eigenvalue weighted by Gasteiger charge is 2.13. The lowest BCUT2D eigenvalue weighted by atomic mass is 10.0. The third-order valence-electron chi connectivity index (χ3n) is 3.93. The van der Waals surface area contributed by atoms with Crippen LogP contribution >= 0.6 is 0 Å². The quantitative estimate of drug-likeness (QED) is 0.927. The molecule has 1 fully saturated rings. The van der Waals surface area contributed by atoms with Crippen LogP contribution in [0.1, 0.15) is 24.1 Å². The fourth-order valence-corrected chi connectivity index (χ4v) is 2.92. The molecule has 0 spiro atoms. The minimum atomic E-state index is 0.665. The van der Waals surface area contributed by atoms with Gasteiger partial charge < -0.3 is 10.1 Å². The van der Waals surface area contributed by atoms with E-state index in [4.69, 9.17) is 4.74 Å². The number of para-hydroxylation sites is 1. The zero-order valence-corrected chi connectivity index (χ0v) is 12.1. The molecule has 1 N–H and O–H groups in total. The molecule has 2 aromatic rings. The van der Waals surface area contributed by atoms with Gasteiger partial charge in [0.05, 0.1) is 12.1 Å². The molecule has 3 heteroatoms. The third kappa shape index (κ3) is 3.17. The second-order valence-corrected chi connectivity index (χ2v) is 5.65. The lowest BCUT2D eigenvalue weighted by Gasteiger charge is -2.22. The van der Waals surface area contributed by atoms with E-state index in [1.165, 1.54) is 23.8 Å². The first kappa shape index (κ1) is 13.5. The molecule has 0 radical (unpaired) electrons. The molecule has 1 atom stereocenters. The summed E-state index contributed by atoms with van der Waals surface area (Å²) in [4.78, 5) is 4.59. The van der Waals surface area contributed by atoms with E-state index in [1.54, 1.807) is 0 Å². The van der Waals surface area contributed by atoms with Gasteiger partial charge in [-0.15, -0.1) is 0 Å². The number of rotatable bonds is 4. The van der Waals surface area contributed by atoms with Crippen molar-refractivity contribution in [3.63, 3.8) is 0 Å². The highest BCUT2D eigenvalue weighted by Crippen LogP contribution is 2.18. The fraction of sp³-hybridized carbons (Fsp3) is 0.471. The van der Waals surface area contributed by atoms with Gasteiger partial charge in [-0.3, -0.25) is 4.98 Å². The molecule has 20 heavy (non-hydrogen) atoms. The molecule has 3 nitrogen and oxygen atoms in total. The monoisotopic (exact) mass is 270 g/mol. The van der Waals surface area contributed by atoms with E-state index in [0.29, 0.717) is 5.92 Å². The Balaban J connectivity index is 1.67. The molecule has 2 heterocycles. The van der Waals surface area contributed by atoms with E-state index in [0.717, 1.165) is 37.5 Å². The molecule has 1 aliphatic rings. The minimum Gasteiger partial charge on any atom is -0.381 e. The van der Waals surface area contributed by atoms with Crippen molar-refractivity contribution in [1.29, 1.82) is 0 Å². The van der Waals surface area contributed by atoms with Crippen LogP contribution in [-0.2, 0) is 11.3 Å². The highest BCUT2D eigenvalue weighted by atomic mass is 16.5. The van der Waals surface area contributed by atoms with Crippen LogP contribution in [0.15, 0.2) is 30.3 Å². The van der Waals surface area contributed by atoms with Crippen LogP contribution < -0.4 is 5.32 Å². The van der Waals surface area contributed by atoms with Crippen LogP contribution in [0.4, 0.5) is 0 Å². The highest BCUT2D eigenvalue weighted by molar-refractivity contribution is 5.82. The van der Waals surface area contributed by atoms with Gasteiger partial charge in [0.25, 0.3) is 0 Å². The molecule has 3 rings (SSSR count). The van der Waals surface area contributed by atoms with Gasteiger partial charge >= 0.3 is 0 Å². The molecule has 106 valence electrons. The van der Waals surface area contributed by atoms with Crippen molar-refractivity contribution in [3.05, 3.63) is 41.6 Å². The summed E-state index contributed by atoms with van der Waals surface area (Å²) in [7, 11) is 0. The number of fused-ring (bicyclic) bond motifs is 1. The maximum absolute atomic E-state index is 5.52. The third-order valence-corrected chi connectivity index (χ3v) is 3.93. The molecule has 1 saturated heterocycles. The van der Waals surface area contributed by atoms with Crippen LogP contribution in [0.2, 0.25) is 0 Å². The van der Waals surface area contributed by atoms with E-state index in [-0.39, 0.29) is 0 Å². The Morgan fingerprint density at radius 2 is 2.25 bits per heavy atom. The first-order chi connectivity index (χ1) is 9.83. The van der Waals surface area contributed by atoms with Crippen LogP contribution in [0.3, 0.4) is 0 Å². The number of nitrogens with zero attached hydrogens (tertiary/aromatic N) is 1. The van der Waals surface area contributed by atoms with E-state index >= 15 is 0 Å². The SMILES string of the molecule is Cc1cc(CNCC2CCCOC2)c2ccccc2n1. The fourth-order valence-electron chi connectivity index (χ4n) is 2.92. The van der Waals surface area contributed by atoms with Crippen molar-refractivity contribution in [2.45, 2.75) is 26.3 Å². The summed E-state index contributed by atoms with van der Waals surface area (Å²) in [6.07, 6.45) is 2.48. The molecule has 1 unspecified atom stereocenters. The molecule has 1 aromatic heterocycles. The first-order valence-corrected chi connectivity index (χ1v) is 7.46. The van der Waals surface area contributed by atoms with E-state index in [9.17, 15) is 0 Å². The van der Waals surface area contributed by atoms with Crippen molar-refractivity contribution >= 4 is 10.9 Å². The van der Waals surface area contributed by atoms with Crippen molar-refractivity contribution in [1.82, 2.24) is 10.3 Å². The van der Waals surface area contributed by atoms with Crippen LogP contribution in [0.5, 0.6) is 0 Å². The number of hydrogen-bond donors (Lipinski definition) is 1. The number of aromatic nitrogens is 1.